The third-order valence-corrected chi connectivity index (χ3v) is 6.45. The van der Waals surface area contributed by atoms with Crippen LogP contribution < -0.4 is 10.4 Å². The summed E-state index contributed by atoms with van der Waals surface area (Å²) in [4.78, 5) is 34.5. The Morgan fingerprint density at radius 2 is 2.09 bits per heavy atom. The van der Waals surface area contributed by atoms with Gasteiger partial charge in [-0.2, -0.15) is 0 Å². The lowest BCUT2D eigenvalue weighted by Crippen LogP contribution is -2.37. The van der Waals surface area contributed by atoms with E-state index >= 15 is 0 Å². The van der Waals surface area contributed by atoms with E-state index in [1.165, 1.54) is 23.8 Å². The lowest BCUT2D eigenvalue weighted by atomic mass is 9.64. The lowest BCUT2D eigenvalue weighted by Gasteiger charge is -2.28. The molecule has 1 aliphatic heterocycles. The first kappa shape index (κ1) is 22.3. The molecule has 0 spiro atoms. The highest BCUT2D eigenvalue weighted by Crippen LogP contribution is 2.36. The Balaban J connectivity index is 1.52. The van der Waals surface area contributed by atoms with Crippen molar-refractivity contribution in [3.05, 3.63) is 40.4 Å². The fraction of sp³-hybridized carbons (Fsp3) is 0.429. The second kappa shape index (κ2) is 9.70. The van der Waals surface area contributed by atoms with Gasteiger partial charge in [-0.15, -0.1) is 11.3 Å². The van der Waals surface area contributed by atoms with Gasteiger partial charge in [-0.3, -0.25) is 4.79 Å². The van der Waals surface area contributed by atoms with Gasteiger partial charge in [0.15, 0.2) is 16.6 Å². The number of aromatic nitrogens is 1. The average Bonchev–Trinajstić information content (AvgIpc) is 3.20. The van der Waals surface area contributed by atoms with E-state index in [0.29, 0.717) is 22.8 Å². The molecule has 168 valence electrons. The zero-order chi connectivity index (χ0) is 22.7. The Morgan fingerprint density at radius 1 is 1.31 bits per heavy atom. The summed E-state index contributed by atoms with van der Waals surface area (Å²) in [5.74, 6) is -1.93. The van der Waals surface area contributed by atoms with Crippen LogP contribution in [-0.2, 0) is 16.1 Å². The van der Waals surface area contributed by atoms with E-state index in [1.807, 2.05) is 0 Å². The number of ketones is 1. The first-order valence-electron chi connectivity index (χ1n) is 10.6. The Labute approximate surface area is 189 Å². The number of thiazole rings is 1. The highest BCUT2D eigenvalue weighted by molar-refractivity contribution is 7.13. The van der Waals surface area contributed by atoms with Gasteiger partial charge in [0.2, 0.25) is 0 Å². The van der Waals surface area contributed by atoms with E-state index < -0.39 is 18.9 Å². The molecule has 0 unspecified atom stereocenters. The monoisotopic (exact) mass is 457 g/mol. The van der Waals surface area contributed by atoms with Crippen LogP contribution in [0.25, 0.3) is 0 Å². The van der Waals surface area contributed by atoms with E-state index in [-0.39, 0.29) is 35.3 Å². The van der Waals surface area contributed by atoms with Gasteiger partial charge in [0, 0.05) is 17.6 Å². The number of carboxylic acid groups (broad SMARTS) is 1. The molecule has 2 aliphatic rings. The molecule has 32 heavy (non-hydrogen) atoms. The minimum Gasteiger partial charge on any atom is -0.535 e. The molecule has 0 saturated heterocycles. The van der Waals surface area contributed by atoms with Crippen LogP contribution in [0.4, 0.5) is 5.13 Å². The molecule has 1 aliphatic carbocycles. The quantitative estimate of drug-likeness (QED) is 0.327. The van der Waals surface area contributed by atoms with Gasteiger partial charge in [0.25, 0.3) is 0 Å². The zero-order valence-corrected chi connectivity index (χ0v) is 18.2. The number of anilines is 1. The maximum atomic E-state index is 13.2. The number of aromatic carboxylic acids is 1. The van der Waals surface area contributed by atoms with Gasteiger partial charge in [-0.05, 0) is 43.7 Å². The summed E-state index contributed by atoms with van der Waals surface area (Å²) in [5.41, 5.74) is 6.76. The number of hydrogen-bond donors (Lipinski definition) is 3. The number of Topliss-reactive ketones (excluding diaryl/α,β-unsaturated/α-hetero) is 1. The third-order valence-electron chi connectivity index (χ3n) is 5.77. The molecule has 0 amide bonds. The van der Waals surface area contributed by atoms with Crippen molar-refractivity contribution in [3.63, 3.8) is 0 Å². The summed E-state index contributed by atoms with van der Waals surface area (Å²) in [5, 5.41) is 26.0. The van der Waals surface area contributed by atoms with E-state index in [9.17, 15) is 19.7 Å². The number of nitrogens with zero attached hydrogens (tertiary/aromatic N) is 2. The molecule has 0 bridgehead atoms. The minimum atomic E-state index is -1.33. The maximum Gasteiger partial charge on any atom is 0.526 e. The van der Waals surface area contributed by atoms with Gasteiger partial charge in [0.1, 0.15) is 17.5 Å². The Bertz CT molecular complexity index is 1040. The lowest BCUT2D eigenvalue weighted by molar-refractivity contribution is -0.113. The number of fused-ring (bicyclic) bond motifs is 1. The van der Waals surface area contributed by atoms with Crippen molar-refractivity contribution >= 4 is 41.1 Å². The first-order valence-corrected chi connectivity index (χ1v) is 11.5. The molecule has 1 fully saturated rings. The summed E-state index contributed by atoms with van der Waals surface area (Å²) < 4.78 is 5.50. The molecule has 11 heteroatoms. The van der Waals surface area contributed by atoms with Crippen molar-refractivity contribution in [2.75, 3.05) is 5.73 Å². The zero-order valence-electron chi connectivity index (χ0n) is 17.4. The molecule has 4 rings (SSSR count). The molecule has 1 aromatic carbocycles. The highest BCUT2D eigenvalue weighted by atomic mass is 32.1. The van der Waals surface area contributed by atoms with Crippen LogP contribution in [-0.4, -0.2) is 45.8 Å². The van der Waals surface area contributed by atoms with Crippen LogP contribution in [0.15, 0.2) is 28.7 Å². The van der Waals surface area contributed by atoms with Crippen LogP contribution in [0.1, 0.15) is 60.1 Å². The van der Waals surface area contributed by atoms with Gasteiger partial charge in [-0.1, -0.05) is 23.7 Å². The fourth-order valence-electron chi connectivity index (χ4n) is 4.10. The predicted octanol–water partition coefficient (Wildman–Crippen LogP) is 2.92. The van der Waals surface area contributed by atoms with Crippen molar-refractivity contribution in [2.24, 2.45) is 5.16 Å². The van der Waals surface area contributed by atoms with Gasteiger partial charge >= 0.3 is 13.1 Å². The highest BCUT2D eigenvalue weighted by Gasteiger charge is 2.39. The molecule has 0 radical (unpaired) electrons. The number of hydrogen-bond acceptors (Lipinski definition) is 9. The molecule has 9 nitrogen and oxygen atoms in total. The number of nitrogen functional groups attached to an aromatic ring is 1. The topological polar surface area (TPSA) is 144 Å². The number of nitrogens with two attached hydrogens (primary N) is 1. The largest absolute Gasteiger partial charge is 0.535 e. The van der Waals surface area contributed by atoms with Crippen LogP contribution in [0.3, 0.4) is 0 Å². The molecular weight excluding hydrogens is 433 g/mol. The normalized spacial score (nSPS) is 19.2. The van der Waals surface area contributed by atoms with Crippen LogP contribution >= 0.6 is 11.3 Å². The summed E-state index contributed by atoms with van der Waals surface area (Å²) in [7, 11) is -1.33. The maximum absolute atomic E-state index is 13.2. The molecule has 1 atom stereocenters. The third kappa shape index (κ3) is 4.94. The molecular formula is C21H24BN3O6S. The molecule has 2 aromatic rings. The fourth-order valence-corrected chi connectivity index (χ4v) is 4.64. The van der Waals surface area contributed by atoms with E-state index in [1.54, 1.807) is 17.5 Å². The van der Waals surface area contributed by atoms with E-state index in [2.05, 4.69) is 10.1 Å². The van der Waals surface area contributed by atoms with E-state index in [0.717, 1.165) is 25.7 Å². The summed E-state index contributed by atoms with van der Waals surface area (Å²) in [6.07, 6.45) is 5.27. The second-order valence-corrected chi connectivity index (χ2v) is 8.96. The van der Waals surface area contributed by atoms with Crippen molar-refractivity contribution in [3.8, 4) is 5.75 Å². The first-order chi connectivity index (χ1) is 15.4. The summed E-state index contributed by atoms with van der Waals surface area (Å²) in [6, 6.07) is 4.76. The Hall–Kier alpha value is -2.92. The minimum absolute atomic E-state index is 0.0209. The smallest absolute Gasteiger partial charge is 0.526 e. The number of carbonyl (C=O) groups is 2. The predicted molar refractivity (Wildman–Crippen MR) is 120 cm³/mol. The number of para-hydroxylation sites is 1. The number of carbonyl (C=O) groups excluding carboxylic acids is 1. The van der Waals surface area contributed by atoms with Crippen LogP contribution in [0, 0.1) is 0 Å². The molecule has 1 saturated carbocycles. The molecule has 4 N–H and O–H groups in total. The Morgan fingerprint density at radius 3 is 2.78 bits per heavy atom. The number of benzene rings is 1. The van der Waals surface area contributed by atoms with Crippen LogP contribution in [0.2, 0.25) is 5.82 Å². The standard InChI is InChI=1S/C21H24BN3O6S/c23-21-24-16(11-32-21)18(25-31-14-6-2-1-3-7-14)17(26)10-13-9-12-5-4-8-15(20(27)28)19(12)30-22(13)29/h4-5,8,11,13-14,29H,1-3,6-7,9-10H2,(H2,23,24)(H,27,28)/b25-18-/t13-/m1/s1. The number of rotatable bonds is 7. The number of oxime groups is 1. The SMILES string of the molecule is Nc1nc(/C(=N/OC2CCCCC2)C(=O)C[C@H]2Cc3cccc(C(=O)O)c3OB2O)cs1. The number of carboxylic acids is 1. The van der Waals surface area contributed by atoms with Crippen molar-refractivity contribution in [2.45, 2.75) is 56.9 Å². The van der Waals surface area contributed by atoms with Gasteiger partial charge in [-0.25, -0.2) is 9.78 Å². The van der Waals surface area contributed by atoms with Gasteiger partial charge < -0.3 is 25.4 Å². The summed E-state index contributed by atoms with van der Waals surface area (Å²) in [6.45, 7) is 0. The molecule has 2 heterocycles. The van der Waals surface area contributed by atoms with E-state index in [4.69, 9.17) is 15.2 Å². The van der Waals surface area contributed by atoms with Crippen molar-refractivity contribution < 1.29 is 29.2 Å². The molecule has 1 aromatic heterocycles. The average molecular weight is 457 g/mol. The second-order valence-electron chi connectivity index (χ2n) is 8.08. The van der Waals surface area contributed by atoms with Crippen LogP contribution in [0.5, 0.6) is 5.75 Å². The van der Waals surface area contributed by atoms with Crippen molar-refractivity contribution in [1.29, 1.82) is 0 Å². The van der Waals surface area contributed by atoms with Crippen molar-refractivity contribution in [1.82, 2.24) is 4.98 Å². The summed E-state index contributed by atoms with van der Waals surface area (Å²) >= 11 is 1.20. The van der Waals surface area contributed by atoms with Gasteiger partial charge in [0.05, 0.1) is 5.56 Å². The Kier molecular flexibility index (Phi) is 6.76.